The number of rotatable bonds is 5. The molecular formula is C12H29IN4. The molecule has 5 heteroatoms. The van der Waals surface area contributed by atoms with Crippen LogP contribution in [0.25, 0.3) is 0 Å². The van der Waals surface area contributed by atoms with Crippen molar-refractivity contribution in [2.75, 3.05) is 27.7 Å². The number of hydrogen-bond acceptors (Lipinski definition) is 2. The van der Waals surface area contributed by atoms with Gasteiger partial charge < -0.3 is 15.5 Å². The van der Waals surface area contributed by atoms with Crippen molar-refractivity contribution in [1.29, 1.82) is 0 Å². The highest BCUT2D eigenvalue weighted by Crippen LogP contribution is 2.07. The van der Waals surface area contributed by atoms with Crippen molar-refractivity contribution in [1.82, 2.24) is 15.5 Å². The molecule has 0 aromatic rings. The van der Waals surface area contributed by atoms with E-state index < -0.39 is 0 Å². The van der Waals surface area contributed by atoms with Crippen molar-refractivity contribution < 1.29 is 0 Å². The molecule has 1 unspecified atom stereocenters. The van der Waals surface area contributed by atoms with Gasteiger partial charge in [0.1, 0.15) is 0 Å². The monoisotopic (exact) mass is 356 g/mol. The second-order valence-electron chi connectivity index (χ2n) is 5.09. The Morgan fingerprint density at radius 1 is 1.35 bits per heavy atom. The Labute approximate surface area is 124 Å². The summed E-state index contributed by atoms with van der Waals surface area (Å²) in [5, 5.41) is 6.70. The predicted molar refractivity (Wildman–Crippen MR) is 87.4 cm³/mol. The Morgan fingerprint density at radius 3 is 2.24 bits per heavy atom. The third kappa shape index (κ3) is 7.81. The van der Waals surface area contributed by atoms with Gasteiger partial charge in [-0.1, -0.05) is 6.92 Å². The average Bonchev–Trinajstić information content (AvgIpc) is 2.23. The maximum Gasteiger partial charge on any atom is 0.191 e. The summed E-state index contributed by atoms with van der Waals surface area (Å²) >= 11 is 0. The van der Waals surface area contributed by atoms with Crippen LogP contribution in [0.2, 0.25) is 0 Å². The summed E-state index contributed by atoms with van der Waals surface area (Å²) in [6.45, 7) is 9.60. The zero-order valence-corrected chi connectivity index (χ0v) is 14.6. The second kappa shape index (κ2) is 8.97. The molecule has 0 radical (unpaired) electrons. The maximum absolute atomic E-state index is 4.21. The van der Waals surface area contributed by atoms with Crippen molar-refractivity contribution >= 4 is 29.9 Å². The van der Waals surface area contributed by atoms with E-state index in [-0.39, 0.29) is 29.5 Å². The van der Waals surface area contributed by atoms with E-state index in [0.29, 0.717) is 6.04 Å². The number of nitrogens with zero attached hydrogens (tertiary/aromatic N) is 2. The van der Waals surface area contributed by atoms with Gasteiger partial charge in [-0.15, -0.1) is 24.0 Å². The average molecular weight is 356 g/mol. The first-order valence-electron chi connectivity index (χ1n) is 5.98. The lowest BCUT2D eigenvalue weighted by atomic mass is 10.0. The molecule has 0 bridgehead atoms. The highest BCUT2D eigenvalue weighted by Gasteiger charge is 2.20. The van der Waals surface area contributed by atoms with E-state index in [1.54, 1.807) is 7.05 Å². The molecule has 0 saturated heterocycles. The first-order chi connectivity index (χ1) is 7.33. The Hall–Kier alpha value is -0.0400. The van der Waals surface area contributed by atoms with Crippen LogP contribution in [0.15, 0.2) is 4.99 Å². The van der Waals surface area contributed by atoms with Crippen LogP contribution in [0.1, 0.15) is 34.1 Å². The van der Waals surface area contributed by atoms with Crippen molar-refractivity contribution in [2.24, 2.45) is 4.99 Å². The molecule has 0 rings (SSSR count). The van der Waals surface area contributed by atoms with E-state index in [1.807, 2.05) is 0 Å². The van der Waals surface area contributed by atoms with E-state index in [2.05, 4.69) is 62.3 Å². The van der Waals surface area contributed by atoms with Crippen molar-refractivity contribution in [3.05, 3.63) is 0 Å². The van der Waals surface area contributed by atoms with E-state index in [0.717, 1.165) is 18.9 Å². The van der Waals surface area contributed by atoms with Gasteiger partial charge in [0.05, 0.1) is 0 Å². The van der Waals surface area contributed by atoms with Gasteiger partial charge in [-0.2, -0.15) is 0 Å². The smallest absolute Gasteiger partial charge is 0.191 e. The summed E-state index contributed by atoms with van der Waals surface area (Å²) in [6.07, 6.45) is 1.10. The molecule has 4 nitrogen and oxygen atoms in total. The molecule has 0 aliphatic carbocycles. The third-order valence-electron chi connectivity index (χ3n) is 3.12. The lowest BCUT2D eigenvalue weighted by molar-refractivity contribution is 0.197. The van der Waals surface area contributed by atoms with Crippen LogP contribution in [0, 0.1) is 0 Å². The summed E-state index contributed by atoms with van der Waals surface area (Å²) in [7, 11) is 5.99. The van der Waals surface area contributed by atoms with Gasteiger partial charge in [-0.05, 0) is 41.3 Å². The minimum absolute atomic E-state index is 0. The van der Waals surface area contributed by atoms with E-state index >= 15 is 0 Å². The van der Waals surface area contributed by atoms with Crippen molar-refractivity contribution in [3.8, 4) is 0 Å². The molecule has 0 spiro atoms. The zero-order valence-electron chi connectivity index (χ0n) is 12.3. The standard InChI is InChI=1S/C12H28N4.HI/c1-8-10(2)15-11(13-5)14-9-12(3,4)16(6)7;/h10H,8-9H2,1-7H3,(H2,13,14,15);1H. The molecule has 0 fully saturated rings. The SMILES string of the molecule is CCC(C)NC(=NC)NCC(C)(C)N(C)C.I. The first-order valence-corrected chi connectivity index (χ1v) is 5.98. The molecule has 0 aromatic carbocycles. The van der Waals surface area contributed by atoms with Crippen LogP contribution in [0.3, 0.4) is 0 Å². The fraction of sp³-hybridized carbons (Fsp3) is 0.917. The minimum atomic E-state index is 0. The fourth-order valence-electron chi connectivity index (χ4n) is 0.988. The largest absolute Gasteiger partial charge is 0.355 e. The predicted octanol–water partition coefficient (Wildman–Crippen LogP) is 1.91. The molecule has 0 aliphatic rings. The van der Waals surface area contributed by atoms with Gasteiger partial charge in [-0.25, -0.2) is 0 Å². The molecule has 0 aliphatic heterocycles. The normalized spacial score (nSPS) is 14.2. The topological polar surface area (TPSA) is 39.7 Å². The molecule has 17 heavy (non-hydrogen) atoms. The van der Waals surface area contributed by atoms with Gasteiger partial charge in [-0.3, -0.25) is 4.99 Å². The summed E-state index contributed by atoms with van der Waals surface area (Å²) in [6, 6.07) is 0.452. The lowest BCUT2D eigenvalue weighted by Crippen LogP contribution is -2.51. The molecule has 2 N–H and O–H groups in total. The number of aliphatic imine (C=N–C) groups is 1. The Morgan fingerprint density at radius 2 is 1.88 bits per heavy atom. The van der Waals surface area contributed by atoms with Crippen LogP contribution < -0.4 is 10.6 Å². The van der Waals surface area contributed by atoms with Gasteiger partial charge in [0.2, 0.25) is 0 Å². The highest BCUT2D eigenvalue weighted by molar-refractivity contribution is 14.0. The first kappa shape index (κ1) is 19.3. The van der Waals surface area contributed by atoms with Gasteiger partial charge in [0.15, 0.2) is 5.96 Å². The zero-order chi connectivity index (χ0) is 12.8. The third-order valence-corrected chi connectivity index (χ3v) is 3.12. The van der Waals surface area contributed by atoms with Crippen LogP contribution in [0.4, 0.5) is 0 Å². The van der Waals surface area contributed by atoms with E-state index in [1.165, 1.54) is 0 Å². The molecule has 0 amide bonds. The maximum atomic E-state index is 4.21. The van der Waals surface area contributed by atoms with Crippen molar-refractivity contribution in [2.45, 2.75) is 45.7 Å². The van der Waals surface area contributed by atoms with Crippen LogP contribution in [0.5, 0.6) is 0 Å². The molecule has 0 aromatic heterocycles. The summed E-state index contributed by atoms with van der Waals surface area (Å²) in [4.78, 5) is 6.42. The number of likely N-dealkylation sites (N-methyl/N-ethyl adjacent to an activating group) is 1. The van der Waals surface area contributed by atoms with Crippen LogP contribution >= 0.6 is 24.0 Å². The van der Waals surface area contributed by atoms with Crippen molar-refractivity contribution in [3.63, 3.8) is 0 Å². The van der Waals surface area contributed by atoms with Gasteiger partial charge in [0.25, 0.3) is 0 Å². The second-order valence-corrected chi connectivity index (χ2v) is 5.09. The van der Waals surface area contributed by atoms with Crippen LogP contribution in [-0.2, 0) is 0 Å². The quantitative estimate of drug-likeness (QED) is 0.449. The Balaban J connectivity index is 0. The number of nitrogens with one attached hydrogen (secondary N) is 2. The van der Waals surface area contributed by atoms with Gasteiger partial charge >= 0.3 is 0 Å². The summed E-state index contributed by atoms with van der Waals surface area (Å²) < 4.78 is 0. The number of hydrogen-bond donors (Lipinski definition) is 2. The highest BCUT2D eigenvalue weighted by atomic mass is 127. The summed E-state index contributed by atoms with van der Waals surface area (Å²) in [5.41, 5.74) is 0.118. The van der Waals surface area contributed by atoms with E-state index in [9.17, 15) is 0 Å². The molecule has 1 atom stereocenters. The molecule has 0 heterocycles. The van der Waals surface area contributed by atoms with Crippen LogP contribution in [-0.4, -0.2) is 50.1 Å². The molecular weight excluding hydrogens is 327 g/mol. The Kier molecular flexibility index (Phi) is 10.2. The number of halogens is 1. The fourth-order valence-corrected chi connectivity index (χ4v) is 0.988. The number of guanidine groups is 1. The summed E-state index contributed by atoms with van der Waals surface area (Å²) in [5.74, 6) is 0.879. The lowest BCUT2D eigenvalue weighted by Gasteiger charge is -2.33. The molecule has 0 saturated carbocycles. The van der Waals surface area contributed by atoms with E-state index in [4.69, 9.17) is 0 Å². The van der Waals surface area contributed by atoms with Gasteiger partial charge in [0, 0.05) is 25.2 Å². The minimum Gasteiger partial charge on any atom is -0.355 e. The Bertz CT molecular complexity index is 227. The molecule has 104 valence electrons.